The fourth-order valence-corrected chi connectivity index (χ4v) is 1.35. The van der Waals surface area contributed by atoms with Gasteiger partial charge in [-0.2, -0.15) is 0 Å². The Labute approximate surface area is 75.9 Å². The normalized spacial score (nSPS) is 10.8. The van der Waals surface area contributed by atoms with Gasteiger partial charge < -0.3 is 4.57 Å². The molecule has 0 fully saturated rings. The molecule has 0 bridgehead atoms. The number of hydrogen-bond acceptors (Lipinski definition) is 3. The molecule has 0 saturated heterocycles. The average Bonchev–Trinajstić information content (AvgIpc) is 2.46. The minimum absolute atomic E-state index is 0.851. The monoisotopic (exact) mass is 179 g/mol. The maximum Gasteiger partial charge on any atom is 0.159 e. The van der Waals surface area contributed by atoms with Crippen molar-refractivity contribution in [1.29, 1.82) is 0 Å². The van der Waals surface area contributed by atoms with Crippen molar-refractivity contribution in [3.8, 4) is 0 Å². The first kappa shape index (κ1) is 7.61. The Kier molecular flexibility index (Phi) is 1.77. The highest BCUT2D eigenvalue weighted by Gasteiger charge is 2.01. The first-order valence-corrected chi connectivity index (χ1v) is 4.26. The molecule has 0 aromatic carbocycles. The topological polar surface area (TPSA) is 30.7 Å². The predicted octanol–water partition coefficient (Wildman–Crippen LogP) is 1.74. The molecule has 0 aliphatic rings. The van der Waals surface area contributed by atoms with Crippen LogP contribution in [0.2, 0.25) is 0 Å². The summed E-state index contributed by atoms with van der Waals surface area (Å²) in [6.45, 7) is 2.97. The highest BCUT2D eigenvalue weighted by molar-refractivity contribution is 7.80. The van der Waals surface area contributed by atoms with E-state index in [9.17, 15) is 0 Å². The maximum absolute atomic E-state index is 4.24. The lowest BCUT2D eigenvalue weighted by atomic mass is 10.4. The number of aromatic nitrogens is 3. The predicted molar refractivity (Wildman–Crippen MR) is 50.5 cm³/mol. The van der Waals surface area contributed by atoms with E-state index in [1.54, 1.807) is 12.5 Å². The van der Waals surface area contributed by atoms with Crippen LogP contribution in [0.15, 0.2) is 23.5 Å². The number of hydrogen-bond donors (Lipinski definition) is 1. The molecule has 0 amide bonds. The van der Waals surface area contributed by atoms with Gasteiger partial charge in [-0.25, -0.2) is 9.97 Å². The van der Waals surface area contributed by atoms with Gasteiger partial charge in [0.15, 0.2) is 5.65 Å². The largest absolute Gasteiger partial charge is 0.316 e. The van der Waals surface area contributed by atoms with Gasteiger partial charge in [-0.3, -0.25) is 0 Å². The summed E-state index contributed by atoms with van der Waals surface area (Å²) in [5.74, 6) is 0. The van der Waals surface area contributed by atoms with Gasteiger partial charge in [0.05, 0.1) is 6.33 Å². The highest BCUT2D eigenvalue weighted by atomic mass is 32.1. The molecule has 4 heteroatoms. The number of thiol groups is 1. The van der Waals surface area contributed by atoms with Crippen molar-refractivity contribution in [2.24, 2.45) is 0 Å². The molecule has 2 aromatic rings. The van der Waals surface area contributed by atoms with Gasteiger partial charge >= 0.3 is 0 Å². The second kappa shape index (κ2) is 2.79. The Morgan fingerprint density at radius 3 is 3.08 bits per heavy atom. The summed E-state index contributed by atoms with van der Waals surface area (Å²) in [7, 11) is 0. The van der Waals surface area contributed by atoms with Gasteiger partial charge in [0.1, 0.15) is 5.52 Å². The Morgan fingerprint density at radius 1 is 1.50 bits per heavy atom. The molecule has 2 heterocycles. The molecule has 0 unspecified atom stereocenters. The lowest BCUT2D eigenvalue weighted by Gasteiger charge is -1.96. The second-order valence-corrected chi connectivity index (χ2v) is 3.08. The number of fused-ring (bicyclic) bond motifs is 1. The molecular formula is C8H9N3S. The average molecular weight is 179 g/mol. The van der Waals surface area contributed by atoms with E-state index in [2.05, 4.69) is 29.5 Å². The molecule has 12 heavy (non-hydrogen) atoms. The van der Waals surface area contributed by atoms with E-state index < -0.39 is 0 Å². The third-order valence-corrected chi connectivity index (χ3v) is 2.03. The fraction of sp³-hybridized carbons (Fsp3) is 0.250. The van der Waals surface area contributed by atoms with E-state index in [0.29, 0.717) is 0 Å². The van der Waals surface area contributed by atoms with Crippen molar-refractivity contribution in [3.63, 3.8) is 0 Å². The zero-order valence-corrected chi connectivity index (χ0v) is 7.62. The molecule has 2 rings (SSSR count). The van der Waals surface area contributed by atoms with Crippen molar-refractivity contribution in [2.45, 2.75) is 18.4 Å². The van der Waals surface area contributed by atoms with Crippen LogP contribution < -0.4 is 0 Å². The SMILES string of the molecule is CCn1cnc2cc(S)cnc21. The second-order valence-electron chi connectivity index (χ2n) is 2.57. The number of nitrogens with zero attached hydrogens (tertiary/aromatic N) is 3. The number of pyridine rings is 1. The minimum atomic E-state index is 0.851. The molecule has 0 atom stereocenters. The van der Waals surface area contributed by atoms with Crippen LogP contribution in [0, 0.1) is 0 Å². The molecule has 3 nitrogen and oxygen atoms in total. The highest BCUT2D eigenvalue weighted by Crippen LogP contribution is 2.13. The van der Waals surface area contributed by atoms with Crippen molar-refractivity contribution < 1.29 is 0 Å². The molecule has 0 aliphatic heterocycles. The lowest BCUT2D eigenvalue weighted by Crippen LogP contribution is -1.92. The van der Waals surface area contributed by atoms with E-state index in [1.165, 1.54) is 0 Å². The van der Waals surface area contributed by atoms with E-state index >= 15 is 0 Å². The van der Waals surface area contributed by atoms with E-state index in [4.69, 9.17) is 0 Å². The fourth-order valence-electron chi connectivity index (χ4n) is 1.17. The maximum atomic E-state index is 4.24. The lowest BCUT2D eigenvalue weighted by molar-refractivity contribution is 0.777. The molecule has 0 spiro atoms. The van der Waals surface area contributed by atoms with Crippen LogP contribution >= 0.6 is 12.6 Å². The summed E-state index contributed by atoms with van der Waals surface area (Å²) in [6.07, 6.45) is 3.53. The molecule has 0 radical (unpaired) electrons. The van der Waals surface area contributed by atoms with Crippen LogP contribution in [-0.4, -0.2) is 14.5 Å². The smallest absolute Gasteiger partial charge is 0.159 e. The summed E-state index contributed by atoms with van der Waals surface area (Å²) < 4.78 is 2.00. The van der Waals surface area contributed by atoms with E-state index in [1.807, 2.05) is 10.6 Å². The van der Waals surface area contributed by atoms with Gasteiger partial charge in [-0.05, 0) is 13.0 Å². The Bertz CT molecular complexity index is 408. The van der Waals surface area contributed by atoms with Gasteiger partial charge in [-0.15, -0.1) is 12.6 Å². The van der Waals surface area contributed by atoms with Gasteiger partial charge in [0.2, 0.25) is 0 Å². The molecular weight excluding hydrogens is 170 g/mol. The summed E-state index contributed by atoms with van der Waals surface area (Å²) in [6, 6.07) is 1.91. The van der Waals surface area contributed by atoms with Crippen molar-refractivity contribution >= 4 is 23.8 Å². The number of aryl methyl sites for hydroxylation is 1. The molecule has 0 N–H and O–H groups in total. The van der Waals surface area contributed by atoms with E-state index in [0.717, 1.165) is 22.6 Å². The summed E-state index contributed by atoms with van der Waals surface area (Å²) in [5, 5.41) is 0. The zero-order chi connectivity index (χ0) is 8.55. The van der Waals surface area contributed by atoms with Crippen LogP contribution in [0.4, 0.5) is 0 Å². The standard InChI is InChI=1S/C8H9N3S/c1-2-11-5-10-7-3-6(12)4-9-8(7)11/h3-5,12H,2H2,1H3. The van der Waals surface area contributed by atoms with Crippen LogP contribution in [0.25, 0.3) is 11.2 Å². The Balaban J connectivity index is 2.73. The zero-order valence-electron chi connectivity index (χ0n) is 6.73. The van der Waals surface area contributed by atoms with Crippen LogP contribution in [0.1, 0.15) is 6.92 Å². The van der Waals surface area contributed by atoms with Gasteiger partial charge in [0.25, 0.3) is 0 Å². The van der Waals surface area contributed by atoms with E-state index in [-0.39, 0.29) is 0 Å². The minimum Gasteiger partial charge on any atom is -0.316 e. The third kappa shape index (κ3) is 1.08. The molecule has 0 aliphatic carbocycles. The molecule has 62 valence electrons. The van der Waals surface area contributed by atoms with Crippen molar-refractivity contribution in [1.82, 2.24) is 14.5 Å². The summed E-state index contributed by atoms with van der Waals surface area (Å²) in [5.41, 5.74) is 1.83. The third-order valence-electron chi connectivity index (χ3n) is 1.78. The quantitative estimate of drug-likeness (QED) is 0.676. The van der Waals surface area contributed by atoms with Crippen molar-refractivity contribution in [2.75, 3.05) is 0 Å². The van der Waals surface area contributed by atoms with Crippen molar-refractivity contribution in [3.05, 3.63) is 18.6 Å². The summed E-state index contributed by atoms with van der Waals surface area (Å²) in [4.78, 5) is 9.29. The van der Waals surface area contributed by atoms with Crippen LogP contribution in [0.5, 0.6) is 0 Å². The van der Waals surface area contributed by atoms with Gasteiger partial charge in [-0.1, -0.05) is 0 Å². The van der Waals surface area contributed by atoms with Crippen LogP contribution in [0.3, 0.4) is 0 Å². The van der Waals surface area contributed by atoms with Gasteiger partial charge in [0, 0.05) is 17.6 Å². The molecule has 2 aromatic heterocycles. The first-order valence-electron chi connectivity index (χ1n) is 3.81. The first-order chi connectivity index (χ1) is 5.81. The summed E-state index contributed by atoms with van der Waals surface area (Å²) >= 11 is 4.19. The Hall–Kier alpha value is -1.03. The Morgan fingerprint density at radius 2 is 2.33 bits per heavy atom. The number of rotatable bonds is 1. The van der Waals surface area contributed by atoms with Crippen LogP contribution in [-0.2, 0) is 6.54 Å². The number of imidazole rings is 1. The molecule has 0 saturated carbocycles.